The zero-order valence-electron chi connectivity index (χ0n) is 22.1. The molecule has 3 aromatic heterocycles. The van der Waals surface area contributed by atoms with Crippen LogP contribution in [0.1, 0.15) is 16.9 Å². The molecule has 0 bridgehead atoms. The molecule has 0 saturated heterocycles. The largest absolute Gasteiger partial charge is 0.456 e. The number of nitrogen functional groups attached to an aromatic ring is 2. The summed E-state index contributed by atoms with van der Waals surface area (Å²) in [5.41, 5.74) is 23.1. The van der Waals surface area contributed by atoms with Crippen molar-refractivity contribution in [3.8, 4) is 16.8 Å². The number of anilines is 2. The summed E-state index contributed by atoms with van der Waals surface area (Å²) >= 11 is 1.92. The van der Waals surface area contributed by atoms with E-state index in [1.807, 2.05) is 41.7 Å². The van der Waals surface area contributed by atoms with E-state index in [1.54, 1.807) is 0 Å². The van der Waals surface area contributed by atoms with Gasteiger partial charge in [-0.1, -0.05) is 54.6 Å². The first-order chi connectivity index (χ1) is 20.2. The highest BCUT2D eigenvalue weighted by Gasteiger charge is 2.23. The maximum Gasteiger partial charge on any atom is 0.135 e. The number of thiophene rings is 1. The van der Waals surface area contributed by atoms with Crippen molar-refractivity contribution in [1.82, 2.24) is 4.57 Å². The first-order valence-electron chi connectivity index (χ1n) is 13.9. The first kappa shape index (κ1) is 22.8. The molecule has 4 N–H and O–H groups in total. The fourth-order valence-electron chi connectivity index (χ4n) is 6.73. The predicted molar refractivity (Wildman–Crippen MR) is 175 cm³/mol. The molecular weight excluding hydrogens is 522 g/mol. The summed E-state index contributed by atoms with van der Waals surface area (Å²) in [7, 11) is 0. The van der Waals surface area contributed by atoms with Gasteiger partial charge in [0, 0.05) is 47.8 Å². The minimum absolute atomic E-state index is 0.720. The summed E-state index contributed by atoms with van der Waals surface area (Å²) in [5, 5.41) is 5.84. The van der Waals surface area contributed by atoms with E-state index >= 15 is 0 Å². The molecule has 0 saturated carbocycles. The van der Waals surface area contributed by atoms with Crippen LogP contribution in [0.15, 0.2) is 101 Å². The highest BCUT2D eigenvalue weighted by atomic mass is 32.1. The highest BCUT2D eigenvalue weighted by molar-refractivity contribution is 7.19. The van der Waals surface area contributed by atoms with Gasteiger partial charge in [-0.2, -0.15) is 0 Å². The molecule has 8 aromatic rings. The third kappa shape index (κ3) is 3.15. The number of fused-ring (bicyclic) bond motifs is 10. The molecule has 0 aliphatic heterocycles. The number of benzene rings is 5. The Balaban J connectivity index is 1.42. The third-order valence-electron chi connectivity index (χ3n) is 8.52. The van der Waals surface area contributed by atoms with E-state index in [-0.39, 0.29) is 0 Å². The molecule has 0 amide bonds. The molecule has 0 spiro atoms. The van der Waals surface area contributed by atoms with E-state index in [9.17, 15) is 0 Å². The van der Waals surface area contributed by atoms with Gasteiger partial charge in [0.2, 0.25) is 0 Å². The van der Waals surface area contributed by atoms with Crippen molar-refractivity contribution in [2.45, 2.75) is 12.8 Å². The number of aromatic nitrogens is 1. The molecule has 0 unspecified atom stereocenters. The van der Waals surface area contributed by atoms with E-state index in [0.29, 0.717) is 0 Å². The van der Waals surface area contributed by atoms with E-state index in [1.165, 1.54) is 36.8 Å². The smallest absolute Gasteiger partial charge is 0.135 e. The predicted octanol–water partition coefficient (Wildman–Crippen LogP) is 9.69. The van der Waals surface area contributed by atoms with Crippen molar-refractivity contribution in [2.24, 2.45) is 0 Å². The molecular formula is C36H25N3OS. The standard InChI is InChI=1S/C36H25N3OS/c37-21-13-16-31-27(19-21)26-18-20(12-15-30(26)40-31)22-8-5-9-28(38)35(22)39-29-10-3-1-6-23(29)24-14-17-33-34(36(24)39)25-7-2-4-11-32(25)41-33/h1-3,5-10,12-19H,4,11,37-38H2. The number of hydrogen-bond acceptors (Lipinski definition) is 4. The zero-order chi connectivity index (χ0) is 27.2. The van der Waals surface area contributed by atoms with Gasteiger partial charge in [0.1, 0.15) is 11.2 Å². The van der Waals surface area contributed by atoms with Gasteiger partial charge in [-0.25, -0.2) is 0 Å². The SMILES string of the molecule is Nc1ccc2oc3ccc(-c4cccc(N)c4-n4c5ccccc5c5ccc6sc7c(c6c54)C=CCC7)cc3c2c1. The fraction of sp³-hybridized carbons (Fsp3) is 0.0556. The molecule has 0 fully saturated rings. The number of allylic oxidation sites excluding steroid dienone is 1. The summed E-state index contributed by atoms with van der Waals surface area (Å²) in [6, 6.07) is 31.7. The number of para-hydroxylation sites is 2. The number of hydrogen-bond donors (Lipinski definition) is 2. The Kier molecular flexibility index (Phi) is 4.59. The molecule has 196 valence electrons. The molecule has 0 radical (unpaired) electrons. The summed E-state index contributed by atoms with van der Waals surface area (Å²) < 4.78 is 9.86. The van der Waals surface area contributed by atoms with Gasteiger partial charge in [-0.05, 0) is 72.5 Å². The van der Waals surface area contributed by atoms with Gasteiger partial charge in [0.25, 0.3) is 0 Å². The molecule has 4 nitrogen and oxygen atoms in total. The third-order valence-corrected chi connectivity index (χ3v) is 9.75. The number of rotatable bonds is 2. The average molecular weight is 548 g/mol. The van der Waals surface area contributed by atoms with Crippen molar-refractivity contribution in [1.29, 1.82) is 0 Å². The van der Waals surface area contributed by atoms with Gasteiger partial charge < -0.3 is 20.5 Å². The summed E-state index contributed by atoms with van der Waals surface area (Å²) in [5.74, 6) is 0. The topological polar surface area (TPSA) is 70.1 Å². The zero-order valence-corrected chi connectivity index (χ0v) is 23.0. The Hall–Kier alpha value is -5.00. The first-order valence-corrected chi connectivity index (χ1v) is 14.7. The van der Waals surface area contributed by atoms with Crippen LogP contribution < -0.4 is 11.5 Å². The van der Waals surface area contributed by atoms with Gasteiger partial charge in [-0.15, -0.1) is 11.3 Å². The molecule has 0 atom stereocenters. The van der Waals surface area contributed by atoms with Crippen LogP contribution in [0.4, 0.5) is 11.4 Å². The van der Waals surface area contributed by atoms with Crippen molar-refractivity contribution in [2.75, 3.05) is 11.5 Å². The second-order valence-corrected chi connectivity index (χ2v) is 12.0. The van der Waals surface area contributed by atoms with Crippen LogP contribution >= 0.6 is 11.3 Å². The van der Waals surface area contributed by atoms with Crippen LogP contribution in [-0.4, -0.2) is 4.57 Å². The van der Waals surface area contributed by atoms with Crippen LogP contribution in [-0.2, 0) is 6.42 Å². The lowest BCUT2D eigenvalue weighted by Gasteiger charge is -2.17. The summed E-state index contributed by atoms with van der Waals surface area (Å²) in [6.45, 7) is 0. The van der Waals surface area contributed by atoms with Crippen LogP contribution in [0.5, 0.6) is 0 Å². The lowest BCUT2D eigenvalue weighted by atomic mass is 9.99. The number of nitrogens with two attached hydrogens (primary N) is 2. The number of nitrogens with zero attached hydrogens (tertiary/aromatic N) is 1. The molecule has 41 heavy (non-hydrogen) atoms. The molecule has 1 aliphatic carbocycles. The molecule has 5 aromatic carbocycles. The van der Waals surface area contributed by atoms with Crippen molar-refractivity contribution >= 4 is 82.6 Å². The van der Waals surface area contributed by atoms with Crippen LogP contribution in [0.3, 0.4) is 0 Å². The fourth-order valence-corrected chi connectivity index (χ4v) is 7.94. The Morgan fingerprint density at radius 3 is 2.54 bits per heavy atom. The summed E-state index contributed by atoms with van der Waals surface area (Å²) in [4.78, 5) is 1.46. The number of aryl methyl sites for hydroxylation is 1. The van der Waals surface area contributed by atoms with Crippen molar-refractivity contribution in [3.05, 3.63) is 108 Å². The Labute approximate surface area is 239 Å². The molecule has 9 rings (SSSR count). The lowest BCUT2D eigenvalue weighted by Crippen LogP contribution is -2.03. The lowest BCUT2D eigenvalue weighted by molar-refractivity contribution is 0.669. The van der Waals surface area contributed by atoms with Crippen molar-refractivity contribution in [3.63, 3.8) is 0 Å². The van der Waals surface area contributed by atoms with Crippen LogP contribution in [0, 0.1) is 0 Å². The maximum absolute atomic E-state index is 6.92. The Morgan fingerprint density at radius 2 is 1.61 bits per heavy atom. The highest BCUT2D eigenvalue weighted by Crippen LogP contribution is 2.46. The van der Waals surface area contributed by atoms with Crippen molar-refractivity contribution < 1.29 is 4.42 Å². The van der Waals surface area contributed by atoms with E-state index in [4.69, 9.17) is 15.9 Å². The Morgan fingerprint density at radius 1 is 0.756 bits per heavy atom. The maximum atomic E-state index is 6.92. The van der Waals surface area contributed by atoms with Gasteiger partial charge >= 0.3 is 0 Å². The second-order valence-electron chi connectivity index (χ2n) is 10.9. The normalized spacial score (nSPS) is 13.3. The van der Waals surface area contributed by atoms with Crippen LogP contribution in [0.25, 0.3) is 76.7 Å². The van der Waals surface area contributed by atoms with E-state index in [0.717, 1.165) is 68.5 Å². The summed E-state index contributed by atoms with van der Waals surface area (Å²) in [6.07, 6.45) is 6.81. The minimum atomic E-state index is 0.720. The minimum Gasteiger partial charge on any atom is -0.456 e. The monoisotopic (exact) mass is 547 g/mol. The Bertz CT molecular complexity index is 2400. The number of furan rings is 1. The van der Waals surface area contributed by atoms with E-state index in [2.05, 4.69) is 77.4 Å². The average Bonchev–Trinajstić information content (AvgIpc) is 3.66. The van der Waals surface area contributed by atoms with E-state index < -0.39 is 0 Å². The second kappa shape index (κ2) is 8.26. The van der Waals surface area contributed by atoms with Gasteiger partial charge in [0.15, 0.2) is 0 Å². The van der Waals surface area contributed by atoms with Gasteiger partial charge in [-0.3, -0.25) is 0 Å². The van der Waals surface area contributed by atoms with Crippen LogP contribution in [0.2, 0.25) is 0 Å². The molecule has 3 heterocycles. The quantitative estimate of drug-likeness (QED) is 0.212. The molecule has 5 heteroatoms. The molecule has 1 aliphatic rings. The van der Waals surface area contributed by atoms with Gasteiger partial charge in [0.05, 0.1) is 22.4 Å².